The fraction of sp³-hybridized carbons (Fsp3) is 0.333. The van der Waals surface area contributed by atoms with Gasteiger partial charge in [-0.3, -0.25) is 14.4 Å². The fourth-order valence-corrected chi connectivity index (χ4v) is 4.53. The number of halogens is 1. The second kappa shape index (κ2) is 11.4. The van der Waals surface area contributed by atoms with Crippen molar-refractivity contribution in [3.63, 3.8) is 0 Å². The Balaban J connectivity index is 1.72. The van der Waals surface area contributed by atoms with Gasteiger partial charge >= 0.3 is 5.97 Å². The molecule has 190 valence electrons. The van der Waals surface area contributed by atoms with E-state index < -0.39 is 35.3 Å². The second-order valence-corrected chi connectivity index (χ2v) is 10.8. The number of amides is 2. The number of nitrogens with zero attached hydrogens (tertiary/aromatic N) is 1. The first-order valence-corrected chi connectivity index (χ1v) is 12.4. The first-order chi connectivity index (χ1) is 16.9. The third-order valence-electron chi connectivity index (χ3n) is 5.67. The average Bonchev–Trinajstić information content (AvgIpc) is 3.25. The molecule has 2 aromatic carbocycles. The molecule has 3 aromatic rings. The van der Waals surface area contributed by atoms with Gasteiger partial charge in [-0.25, -0.2) is 9.37 Å². The standard InChI is InChI=1S/C27H30FN3O4S/c1-16(26(34)35)13-22(24(33)31-27(3,4)14-18-5-11-21(28)12-6-18)30-23(32)19-7-9-20(10-8-19)25-29-15-17(2)36-25/h5-12,15-16,22H,13-14H2,1-4H3,(H,30,32)(H,31,33)(H,34,35)/t16?,22-/m0/s1. The molecule has 2 atom stereocenters. The van der Waals surface area contributed by atoms with E-state index in [-0.39, 0.29) is 12.2 Å². The molecular formula is C27H30FN3O4S. The Morgan fingerprint density at radius 2 is 1.72 bits per heavy atom. The van der Waals surface area contributed by atoms with Gasteiger partial charge in [0.15, 0.2) is 0 Å². The molecule has 3 N–H and O–H groups in total. The van der Waals surface area contributed by atoms with Gasteiger partial charge in [-0.15, -0.1) is 11.3 Å². The highest BCUT2D eigenvalue weighted by atomic mass is 32.1. The van der Waals surface area contributed by atoms with Crippen LogP contribution in [0.2, 0.25) is 0 Å². The number of carboxylic acid groups (broad SMARTS) is 1. The van der Waals surface area contributed by atoms with Gasteiger partial charge in [-0.05, 0) is 63.4 Å². The van der Waals surface area contributed by atoms with Gasteiger partial charge in [-0.1, -0.05) is 31.2 Å². The summed E-state index contributed by atoms with van der Waals surface area (Å²) in [6.07, 6.45) is 2.13. The number of benzene rings is 2. The van der Waals surface area contributed by atoms with Crippen molar-refractivity contribution in [2.45, 2.75) is 52.1 Å². The first-order valence-electron chi connectivity index (χ1n) is 11.6. The van der Waals surface area contributed by atoms with E-state index in [9.17, 15) is 23.9 Å². The lowest BCUT2D eigenvalue weighted by atomic mass is 9.93. The molecule has 7 nitrogen and oxygen atoms in total. The van der Waals surface area contributed by atoms with Crippen molar-refractivity contribution in [2.24, 2.45) is 5.92 Å². The van der Waals surface area contributed by atoms with Crippen LogP contribution in [0.5, 0.6) is 0 Å². The molecule has 0 saturated carbocycles. The Morgan fingerprint density at radius 1 is 1.08 bits per heavy atom. The van der Waals surface area contributed by atoms with Crippen LogP contribution in [0.25, 0.3) is 10.6 Å². The van der Waals surface area contributed by atoms with E-state index >= 15 is 0 Å². The molecular weight excluding hydrogens is 481 g/mol. The number of nitrogens with one attached hydrogen (secondary N) is 2. The summed E-state index contributed by atoms with van der Waals surface area (Å²) in [6, 6.07) is 11.8. The molecule has 0 fully saturated rings. The maximum absolute atomic E-state index is 13.2. The van der Waals surface area contributed by atoms with Gasteiger partial charge in [0.25, 0.3) is 5.91 Å². The van der Waals surface area contributed by atoms with E-state index in [4.69, 9.17) is 0 Å². The zero-order valence-electron chi connectivity index (χ0n) is 20.7. The summed E-state index contributed by atoms with van der Waals surface area (Å²) >= 11 is 1.55. The SMILES string of the molecule is Cc1cnc(-c2ccc(C(=O)N[C@@H](CC(C)C(=O)O)C(=O)NC(C)(C)Cc3ccc(F)cc3)cc2)s1. The molecule has 0 bridgehead atoms. The Hall–Kier alpha value is -3.59. The predicted molar refractivity (Wildman–Crippen MR) is 137 cm³/mol. The van der Waals surface area contributed by atoms with Crippen LogP contribution in [-0.2, 0) is 16.0 Å². The van der Waals surface area contributed by atoms with E-state index in [0.717, 1.165) is 21.0 Å². The average molecular weight is 512 g/mol. The largest absolute Gasteiger partial charge is 0.481 e. The lowest BCUT2D eigenvalue weighted by Crippen LogP contribution is -2.54. The van der Waals surface area contributed by atoms with Crippen LogP contribution in [0.4, 0.5) is 4.39 Å². The number of carboxylic acids is 1. The number of aliphatic carboxylic acids is 1. The smallest absolute Gasteiger partial charge is 0.306 e. The van der Waals surface area contributed by atoms with Crippen LogP contribution in [0, 0.1) is 18.7 Å². The number of hydrogen-bond donors (Lipinski definition) is 3. The van der Waals surface area contributed by atoms with E-state index in [2.05, 4.69) is 15.6 Å². The third kappa shape index (κ3) is 7.45. The van der Waals surface area contributed by atoms with Gasteiger partial charge in [0.1, 0.15) is 16.9 Å². The van der Waals surface area contributed by atoms with Crippen molar-refractivity contribution in [1.29, 1.82) is 0 Å². The van der Waals surface area contributed by atoms with Crippen molar-refractivity contribution < 1.29 is 23.9 Å². The summed E-state index contributed by atoms with van der Waals surface area (Å²) in [7, 11) is 0. The maximum atomic E-state index is 13.2. The second-order valence-electron chi connectivity index (χ2n) is 9.53. The highest BCUT2D eigenvalue weighted by Crippen LogP contribution is 2.25. The van der Waals surface area contributed by atoms with E-state index in [1.165, 1.54) is 19.1 Å². The highest BCUT2D eigenvalue weighted by Gasteiger charge is 2.30. The number of thiazole rings is 1. The van der Waals surface area contributed by atoms with E-state index in [0.29, 0.717) is 12.0 Å². The molecule has 0 aliphatic rings. The minimum Gasteiger partial charge on any atom is -0.481 e. The minimum atomic E-state index is -1.06. The summed E-state index contributed by atoms with van der Waals surface area (Å²) in [6.45, 7) is 7.08. The van der Waals surface area contributed by atoms with Crippen molar-refractivity contribution >= 4 is 29.1 Å². The summed E-state index contributed by atoms with van der Waals surface area (Å²) in [5.74, 6) is -3.22. The molecule has 0 spiro atoms. The van der Waals surface area contributed by atoms with Crippen molar-refractivity contribution in [3.8, 4) is 10.6 Å². The quantitative estimate of drug-likeness (QED) is 0.369. The Morgan fingerprint density at radius 3 is 2.28 bits per heavy atom. The summed E-state index contributed by atoms with van der Waals surface area (Å²) in [4.78, 5) is 43.0. The number of aromatic nitrogens is 1. The van der Waals surface area contributed by atoms with Crippen molar-refractivity contribution in [3.05, 3.63) is 76.5 Å². The lowest BCUT2D eigenvalue weighted by Gasteiger charge is -2.30. The van der Waals surface area contributed by atoms with Crippen molar-refractivity contribution in [2.75, 3.05) is 0 Å². The molecule has 0 aliphatic carbocycles. The Bertz CT molecular complexity index is 1220. The summed E-state index contributed by atoms with van der Waals surface area (Å²) in [5, 5.41) is 15.8. The van der Waals surface area contributed by atoms with Crippen LogP contribution in [0.1, 0.15) is 48.0 Å². The highest BCUT2D eigenvalue weighted by molar-refractivity contribution is 7.14. The van der Waals surface area contributed by atoms with Gasteiger partial charge < -0.3 is 15.7 Å². The van der Waals surface area contributed by atoms with Gasteiger partial charge in [-0.2, -0.15) is 0 Å². The normalized spacial score (nSPS) is 13.0. The Kier molecular flexibility index (Phi) is 8.57. The van der Waals surface area contributed by atoms with Gasteiger partial charge in [0.05, 0.1) is 5.92 Å². The zero-order chi connectivity index (χ0) is 26.5. The number of carbonyl (C=O) groups is 3. The molecule has 1 aromatic heterocycles. The molecule has 0 radical (unpaired) electrons. The number of carbonyl (C=O) groups excluding carboxylic acids is 2. The number of aryl methyl sites for hydroxylation is 1. The van der Waals surface area contributed by atoms with Gasteiger partial charge in [0.2, 0.25) is 5.91 Å². The molecule has 9 heteroatoms. The molecule has 36 heavy (non-hydrogen) atoms. The topological polar surface area (TPSA) is 108 Å². The fourth-order valence-electron chi connectivity index (χ4n) is 3.76. The summed E-state index contributed by atoms with van der Waals surface area (Å²) < 4.78 is 13.2. The predicted octanol–water partition coefficient (Wildman–Crippen LogP) is 4.60. The maximum Gasteiger partial charge on any atom is 0.306 e. The Labute approximate surface area is 213 Å². The molecule has 0 aliphatic heterocycles. The van der Waals surface area contributed by atoms with Crippen LogP contribution in [-0.4, -0.2) is 39.5 Å². The molecule has 2 amide bonds. The molecule has 0 saturated heterocycles. The van der Waals surface area contributed by atoms with Crippen LogP contribution < -0.4 is 10.6 Å². The number of hydrogen-bond acceptors (Lipinski definition) is 5. The zero-order valence-corrected chi connectivity index (χ0v) is 21.5. The van der Waals surface area contributed by atoms with Crippen LogP contribution >= 0.6 is 11.3 Å². The molecule has 1 heterocycles. The van der Waals surface area contributed by atoms with Gasteiger partial charge in [0, 0.05) is 27.7 Å². The van der Waals surface area contributed by atoms with E-state index in [1.807, 2.05) is 20.8 Å². The van der Waals surface area contributed by atoms with Crippen LogP contribution in [0.15, 0.2) is 54.7 Å². The van der Waals surface area contributed by atoms with E-state index in [1.54, 1.807) is 53.9 Å². The minimum absolute atomic E-state index is 0.0734. The molecule has 3 rings (SSSR count). The third-order valence-corrected chi connectivity index (χ3v) is 6.63. The monoisotopic (exact) mass is 511 g/mol. The number of rotatable bonds is 10. The first kappa shape index (κ1) is 27.0. The lowest BCUT2D eigenvalue weighted by molar-refractivity contribution is -0.141. The van der Waals surface area contributed by atoms with Crippen LogP contribution in [0.3, 0.4) is 0 Å². The molecule has 1 unspecified atom stereocenters. The summed E-state index contributed by atoms with van der Waals surface area (Å²) in [5.41, 5.74) is 1.33. The van der Waals surface area contributed by atoms with Crippen molar-refractivity contribution in [1.82, 2.24) is 15.6 Å².